The highest BCUT2D eigenvalue weighted by Crippen LogP contribution is 2.35. The molecular formula is C8H4BrClF3NO2. The molecule has 0 aliphatic heterocycles. The van der Waals surface area contributed by atoms with E-state index >= 15 is 0 Å². The first-order valence-corrected chi connectivity index (χ1v) is 4.93. The van der Waals surface area contributed by atoms with Gasteiger partial charge < -0.3 is 10.5 Å². The van der Waals surface area contributed by atoms with Crippen molar-refractivity contribution in [1.29, 1.82) is 0 Å². The molecule has 16 heavy (non-hydrogen) atoms. The maximum Gasteiger partial charge on any atom is 0.573 e. The number of hydrogen-bond acceptors (Lipinski definition) is 3. The third-order valence-electron chi connectivity index (χ3n) is 1.58. The summed E-state index contributed by atoms with van der Waals surface area (Å²) in [6.07, 6.45) is -4.92. The lowest BCUT2D eigenvalue weighted by Crippen LogP contribution is -2.19. The number of rotatable bonds is 2. The molecule has 0 bridgehead atoms. The van der Waals surface area contributed by atoms with Crippen molar-refractivity contribution in [1.82, 2.24) is 0 Å². The Kier molecular flexibility index (Phi) is 3.69. The molecule has 1 aromatic carbocycles. The van der Waals surface area contributed by atoms with Crippen LogP contribution in [0.3, 0.4) is 0 Å². The molecule has 0 unspecified atom stereocenters. The van der Waals surface area contributed by atoms with Gasteiger partial charge in [0.15, 0.2) is 0 Å². The Morgan fingerprint density at radius 1 is 1.44 bits per heavy atom. The molecule has 3 nitrogen and oxygen atoms in total. The number of carbonyl (C=O) groups is 1. The van der Waals surface area contributed by atoms with Gasteiger partial charge in [0, 0.05) is 4.47 Å². The molecular weight excluding hydrogens is 314 g/mol. The van der Waals surface area contributed by atoms with Gasteiger partial charge in [0.1, 0.15) is 11.3 Å². The zero-order valence-corrected chi connectivity index (χ0v) is 9.78. The van der Waals surface area contributed by atoms with Crippen LogP contribution in [0.1, 0.15) is 10.4 Å². The summed E-state index contributed by atoms with van der Waals surface area (Å²) in [5.41, 5.74) is 4.68. The number of ether oxygens (including phenoxy) is 1. The Morgan fingerprint density at radius 2 is 2.00 bits per heavy atom. The minimum Gasteiger partial charge on any atom is -0.405 e. The number of nitrogens with two attached hydrogens (primary N) is 1. The predicted octanol–water partition coefficient (Wildman–Crippen LogP) is 3.31. The molecule has 0 atom stereocenters. The monoisotopic (exact) mass is 317 g/mol. The third-order valence-corrected chi connectivity index (χ3v) is 2.46. The number of carbonyl (C=O) groups excluding carboxylic acids is 1. The molecule has 0 saturated heterocycles. The summed E-state index contributed by atoms with van der Waals surface area (Å²) >= 11 is 8.08. The summed E-state index contributed by atoms with van der Waals surface area (Å²) < 4.78 is 39.8. The van der Waals surface area contributed by atoms with Crippen molar-refractivity contribution < 1.29 is 22.7 Å². The van der Waals surface area contributed by atoms with Gasteiger partial charge in [0.25, 0.3) is 5.24 Å². The van der Waals surface area contributed by atoms with Crippen molar-refractivity contribution in [3.63, 3.8) is 0 Å². The lowest BCUT2D eigenvalue weighted by Gasteiger charge is -2.13. The Labute approximate surface area is 101 Å². The maximum absolute atomic E-state index is 12.0. The van der Waals surface area contributed by atoms with E-state index in [1.54, 1.807) is 0 Å². The summed E-state index contributed by atoms with van der Waals surface area (Å²) in [4.78, 5) is 10.9. The molecule has 0 aromatic heterocycles. The molecule has 0 amide bonds. The molecule has 0 radical (unpaired) electrons. The van der Waals surface area contributed by atoms with Gasteiger partial charge in [-0.25, -0.2) is 0 Å². The van der Waals surface area contributed by atoms with Gasteiger partial charge >= 0.3 is 6.36 Å². The lowest BCUT2D eigenvalue weighted by atomic mass is 10.2. The Hall–Kier alpha value is -0.950. The van der Waals surface area contributed by atoms with Crippen LogP contribution in [0.2, 0.25) is 0 Å². The molecule has 88 valence electrons. The second-order valence-corrected chi connectivity index (χ2v) is 3.85. The van der Waals surface area contributed by atoms with Gasteiger partial charge in [-0.15, -0.1) is 13.2 Å². The van der Waals surface area contributed by atoms with Crippen molar-refractivity contribution in [2.75, 3.05) is 5.73 Å². The number of nitrogen functional groups attached to an aromatic ring is 1. The van der Waals surface area contributed by atoms with Crippen molar-refractivity contribution in [2.45, 2.75) is 6.36 Å². The van der Waals surface area contributed by atoms with E-state index in [1.165, 1.54) is 6.07 Å². The number of anilines is 1. The SMILES string of the molecule is Nc1c(Br)ccc(OC(F)(F)F)c1C(=O)Cl. The first kappa shape index (κ1) is 13.1. The van der Waals surface area contributed by atoms with Crippen LogP contribution in [-0.4, -0.2) is 11.6 Å². The van der Waals surface area contributed by atoms with Crippen LogP contribution in [0.5, 0.6) is 5.75 Å². The topological polar surface area (TPSA) is 52.3 Å². The van der Waals surface area contributed by atoms with Crippen molar-refractivity contribution in [2.24, 2.45) is 0 Å². The van der Waals surface area contributed by atoms with Crippen molar-refractivity contribution in [3.05, 3.63) is 22.2 Å². The molecule has 2 N–H and O–H groups in total. The first-order valence-electron chi connectivity index (χ1n) is 3.76. The maximum atomic E-state index is 12.0. The molecule has 0 aliphatic carbocycles. The molecule has 1 aromatic rings. The summed E-state index contributed by atoms with van der Waals surface area (Å²) in [6, 6.07) is 2.17. The standard InChI is InChI=1S/C8H4BrClF3NO2/c9-3-1-2-4(16-8(11,12)13)5(6(3)14)7(10)15/h1-2H,14H2. The van der Waals surface area contributed by atoms with E-state index in [0.29, 0.717) is 0 Å². The molecule has 8 heteroatoms. The molecule has 0 heterocycles. The minimum atomic E-state index is -4.92. The first-order chi connectivity index (χ1) is 7.22. The fourth-order valence-electron chi connectivity index (χ4n) is 0.987. The van der Waals surface area contributed by atoms with E-state index in [1.807, 2.05) is 0 Å². The van der Waals surface area contributed by atoms with Gasteiger partial charge in [-0.1, -0.05) is 0 Å². The zero-order chi connectivity index (χ0) is 12.5. The number of halogens is 5. The normalized spacial score (nSPS) is 11.3. The van der Waals surface area contributed by atoms with Gasteiger partial charge in [-0.2, -0.15) is 0 Å². The largest absolute Gasteiger partial charge is 0.573 e. The number of alkyl halides is 3. The van der Waals surface area contributed by atoms with Crippen molar-refractivity contribution >= 4 is 38.5 Å². The summed E-state index contributed by atoms with van der Waals surface area (Å²) in [5.74, 6) is -0.729. The predicted molar refractivity (Wildman–Crippen MR) is 55.4 cm³/mol. The van der Waals surface area contributed by atoms with Gasteiger partial charge in [0.2, 0.25) is 0 Å². The van der Waals surface area contributed by atoms with E-state index in [4.69, 9.17) is 17.3 Å². The van der Waals surface area contributed by atoms with E-state index in [0.717, 1.165) is 6.07 Å². The molecule has 0 saturated carbocycles. The van der Waals surface area contributed by atoms with Gasteiger partial charge in [-0.3, -0.25) is 4.79 Å². The Morgan fingerprint density at radius 3 is 2.44 bits per heavy atom. The van der Waals surface area contributed by atoms with Crippen LogP contribution in [0.4, 0.5) is 18.9 Å². The zero-order valence-electron chi connectivity index (χ0n) is 7.44. The molecule has 1 rings (SSSR count). The van der Waals surface area contributed by atoms with Crippen molar-refractivity contribution in [3.8, 4) is 5.75 Å². The average molecular weight is 318 g/mol. The summed E-state index contributed by atoms with van der Waals surface area (Å²) in [7, 11) is 0. The van der Waals surface area contributed by atoms with E-state index in [9.17, 15) is 18.0 Å². The average Bonchev–Trinajstić information content (AvgIpc) is 2.08. The van der Waals surface area contributed by atoms with Crippen LogP contribution in [0.15, 0.2) is 16.6 Å². The van der Waals surface area contributed by atoms with Crippen LogP contribution in [-0.2, 0) is 0 Å². The molecule has 0 spiro atoms. The fraction of sp³-hybridized carbons (Fsp3) is 0.125. The fourth-order valence-corrected chi connectivity index (χ4v) is 1.51. The van der Waals surface area contributed by atoms with Crippen LogP contribution < -0.4 is 10.5 Å². The highest BCUT2D eigenvalue weighted by molar-refractivity contribution is 9.10. The summed E-state index contributed by atoms with van der Waals surface area (Å²) in [6.45, 7) is 0. The van der Waals surface area contributed by atoms with Crippen LogP contribution in [0, 0.1) is 0 Å². The van der Waals surface area contributed by atoms with Gasteiger partial charge in [-0.05, 0) is 39.7 Å². The quantitative estimate of drug-likeness (QED) is 0.672. The highest BCUT2D eigenvalue weighted by Gasteiger charge is 2.33. The number of benzene rings is 1. The third kappa shape index (κ3) is 3.02. The Bertz CT molecular complexity index is 436. The molecule has 0 fully saturated rings. The van der Waals surface area contributed by atoms with E-state index in [2.05, 4.69) is 20.7 Å². The molecule has 0 aliphatic rings. The second-order valence-electron chi connectivity index (χ2n) is 2.66. The van der Waals surface area contributed by atoms with Gasteiger partial charge in [0.05, 0.1) is 5.69 Å². The Balaban J connectivity index is 3.29. The number of hydrogen-bond donors (Lipinski definition) is 1. The van der Waals surface area contributed by atoms with E-state index in [-0.39, 0.29) is 10.2 Å². The second kappa shape index (κ2) is 4.50. The smallest absolute Gasteiger partial charge is 0.405 e. The van der Waals surface area contributed by atoms with Crippen LogP contribution >= 0.6 is 27.5 Å². The lowest BCUT2D eigenvalue weighted by molar-refractivity contribution is -0.274. The van der Waals surface area contributed by atoms with Crippen LogP contribution in [0.25, 0.3) is 0 Å². The minimum absolute atomic E-state index is 0.207. The van der Waals surface area contributed by atoms with E-state index < -0.39 is 22.9 Å². The summed E-state index contributed by atoms with van der Waals surface area (Å²) in [5, 5.41) is -1.13. The highest BCUT2D eigenvalue weighted by atomic mass is 79.9.